The summed E-state index contributed by atoms with van der Waals surface area (Å²) in [5.41, 5.74) is -0.142. The molecule has 0 radical (unpaired) electrons. The molecule has 0 fully saturated rings. The molecule has 1 amide bonds. The maximum absolute atomic E-state index is 13.8. The molecule has 0 unspecified atom stereocenters. The van der Waals surface area contributed by atoms with Gasteiger partial charge in [-0.1, -0.05) is 40.0 Å². The number of amides is 1. The number of carbonyl (C=O) groups is 1. The predicted octanol–water partition coefficient (Wildman–Crippen LogP) is 3.93. The Hall–Kier alpha value is -2.27. The number of rotatable bonds is 4. The van der Waals surface area contributed by atoms with E-state index in [2.05, 4.69) is 10.3 Å². The average Bonchev–Trinajstić information content (AvgIpc) is 2.97. The number of sulfonamides is 1. The monoisotopic (exact) mass is 480 g/mol. The highest BCUT2D eigenvalue weighted by Gasteiger charge is 2.27. The fraction of sp³-hybridized carbons (Fsp3) is 0.0625. The number of hydrogen-bond acceptors (Lipinski definition) is 5. The van der Waals surface area contributed by atoms with E-state index in [1.165, 1.54) is 19.1 Å². The number of hydrogen-bond donors (Lipinski definition) is 1. The van der Waals surface area contributed by atoms with Gasteiger partial charge in [0.15, 0.2) is 5.69 Å². The SMILES string of the molecule is Cc1c(C(=O)NS(=O)(=O)c2cc(F)ccc2F)nnn1-c1c(Cl)cc(Cl)cc1Cl. The standard InChI is InChI=1S/C16H9Cl3F2N4O3S/c1-7-14(22-24-25(7)15-10(18)4-8(17)5-11(15)19)16(26)23-29(27,28)13-6-9(20)2-3-12(13)21/h2-6H,1H3,(H,23,26). The minimum absolute atomic E-state index is 0.0866. The van der Waals surface area contributed by atoms with Crippen LogP contribution in [0.2, 0.25) is 15.1 Å². The summed E-state index contributed by atoms with van der Waals surface area (Å²) in [5, 5.41) is 7.87. The molecule has 152 valence electrons. The zero-order valence-electron chi connectivity index (χ0n) is 14.3. The third kappa shape index (κ3) is 4.20. The molecule has 0 saturated heterocycles. The van der Waals surface area contributed by atoms with Gasteiger partial charge in [0.1, 0.15) is 22.2 Å². The van der Waals surface area contributed by atoms with Crippen molar-refractivity contribution >= 4 is 50.7 Å². The van der Waals surface area contributed by atoms with E-state index in [1.54, 1.807) is 4.72 Å². The summed E-state index contributed by atoms with van der Waals surface area (Å²) in [6, 6.07) is 4.60. The van der Waals surface area contributed by atoms with Crippen LogP contribution in [0.25, 0.3) is 5.69 Å². The van der Waals surface area contributed by atoms with Crippen molar-refractivity contribution in [2.24, 2.45) is 0 Å². The number of nitrogens with zero attached hydrogens (tertiary/aromatic N) is 3. The second-order valence-corrected chi connectivity index (χ2v) is 8.56. The Kier molecular flexibility index (Phi) is 5.81. The molecular weight excluding hydrogens is 473 g/mol. The largest absolute Gasteiger partial charge is 0.287 e. The van der Waals surface area contributed by atoms with Crippen LogP contribution < -0.4 is 4.72 Å². The van der Waals surface area contributed by atoms with E-state index in [0.717, 1.165) is 10.7 Å². The molecule has 0 aliphatic carbocycles. The van der Waals surface area contributed by atoms with Gasteiger partial charge < -0.3 is 0 Å². The minimum Gasteiger partial charge on any atom is -0.266 e. The first-order chi connectivity index (χ1) is 13.5. The number of halogens is 5. The highest BCUT2D eigenvalue weighted by atomic mass is 35.5. The van der Waals surface area contributed by atoms with Crippen molar-refractivity contribution in [3.05, 3.63) is 68.4 Å². The van der Waals surface area contributed by atoms with E-state index in [0.29, 0.717) is 12.1 Å². The Morgan fingerprint density at radius 1 is 1.10 bits per heavy atom. The lowest BCUT2D eigenvalue weighted by atomic mass is 10.3. The van der Waals surface area contributed by atoms with E-state index < -0.39 is 38.2 Å². The normalized spacial score (nSPS) is 11.5. The molecule has 0 aliphatic heterocycles. The van der Waals surface area contributed by atoms with Crippen LogP contribution in [-0.4, -0.2) is 29.3 Å². The molecule has 3 rings (SSSR count). The van der Waals surface area contributed by atoms with Crippen LogP contribution in [0.5, 0.6) is 0 Å². The van der Waals surface area contributed by atoms with Gasteiger partial charge in [-0.25, -0.2) is 26.6 Å². The molecule has 0 atom stereocenters. The minimum atomic E-state index is -4.72. The molecule has 0 aliphatic rings. The van der Waals surface area contributed by atoms with Gasteiger partial charge in [-0.15, -0.1) is 5.10 Å². The predicted molar refractivity (Wildman–Crippen MR) is 102 cm³/mol. The average molecular weight is 482 g/mol. The highest BCUT2D eigenvalue weighted by molar-refractivity contribution is 7.90. The maximum atomic E-state index is 13.8. The number of carbonyl (C=O) groups excluding carboxylic acids is 1. The summed E-state index contributed by atoms with van der Waals surface area (Å²) in [6.07, 6.45) is 0. The first-order valence-corrected chi connectivity index (χ1v) is 10.2. The van der Waals surface area contributed by atoms with Crippen molar-refractivity contribution in [1.82, 2.24) is 19.7 Å². The lowest BCUT2D eigenvalue weighted by Gasteiger charge is -2.09. The quantitative estimate of drug-likeness (QED) is 0.609. The van der Waals surface area contributed by atoms with Crippen molar-refractivity contribution in [3.8, 4) is 5.69 Å². The maximum Gasteiger partial charge on any atom is 0.287 e. The molecule has 1 N–H and O–H groups in total. The topological polar surface area (TPSA) is 93.9 Å². The first-order valence-electron chi connectivity index (χ1n) is 7.60. The lowest BCUT2D eigenvalue weighted by molar-refractivity contribution is 0.0976. The second kappa shape index (κ2) is 7.86. The summed E-state index contributed by atoms with van der Waals surface area (Å²) < 4.78 is 54.4. The molecule has 3 aromatic rings. The van der Waals surface area contributed by atoms with E-state index in [-0.39, 0.29) is 26.4 Å². The number of nitrogens with one attached hydrogen (secondary N) is 1. The van der Waals surface area contributed by atoms with Crippen molar-refractivity contribution < 1.29 is 22.0 Å². The Morgan fingerprint density at radius 3 is 2.34 bits per heavy atom. The molecule has 0 spiro atoms. The van der Waals surface area contributed by atoms with Gasteiger partial charge in [0.25, 0.3) is 15.9 Å². The summed E-state index contributed by atoms with van der Waals surface area (Å²) in [5.74, 6) is -3.43. The van der Waals surface area contributed by atoms with Crippen molar-refractivity contribution in [2.45, 2.75) is 11.8 Å². The summed E-state index contributed by atoms with van der Waals surface area (Å²) in [6.45, 7) is 1.41. The highest BCUT2D eigenvalue weighted by Crippen LogP contribution is 2.32. The van der Waals surface area contributed by atoms with Crippen LogP contribution in [0.1, 0.15) is 16.2 Å². The van der Waals surface area contributed by atoms with Gasteiger partial charge >= 0.3 is 0 Å². The van der Waals surface area contributed by atoms with Gasteiger partial charge in [-0.3, -0.25) is 4.79 Å². The molecule has 0 saturated carbocycles. The number of aromatic nitrogens is 3. The Bertz CT molecular complexity index is 1230. The number of benzene rings is 2. The van der Waals surface area contributed by atoms with Crippen molar-refractivity contribution in [3.63, 3.8) is 0 Å². The van der Waals surface area contributed by atoms with Crippen LogP contribution in [0.15, 0.2) is 35.2 Å². The van der Waals surface area contributed by atoms with Gasteiger partial charge in [0.2, 0.25) is 0 Å². The molecule has 2 aromatic carbocycles. The van der Waals surface area contributed by atoms with E-state index in [1.807, 2.05) is 0 Å². The first kappa shape index (κ1) is 21.4. The van der Waals surface area contributed by atoms with Crippen molar-refractivity contribution in [1.29, 1.82) is 0 Å². The van der Waals surface area contributed by atoms with Crippen LogP contribution in [0.3, 0.4) is 0 Å². The molecule has 7 nitrogen and oxygen atoms in total. The Labute approximate surface area is 178 Å². The van der Waals surface area contributed by atoms with E-state index in [4.69, 9.17) is 34.8 Å². The van der Waals surface area contributed by atoms with Crippen molar-refractivity contribution in [2.75, 3.05) is 0 Å². The molecule has 1 heterocycles. The van der Waals surface area contributed by atoms with Crippen LogP contribution in [0, 0.1) is 18.6 Å². The van der Waals surface area contributed by atoms with Crippen LogP contribution in [-0.2, 0) is 10.0 Å². The summed E-state index contributed by atoms with van der Waals surface area (Å²) >= 11 is 18.1. The van der Waals surface area contributed by atoms with Gasteiger partial charge in [-0.2, -0.15) is 0 Å². The summed E-state index contributed by atoms with van der Waals surface area (Å²) in [4.78, 5) is 11.4. The van der Waals surface area contributed by atoms with Crippen LogP contribution >= 0.6 is 34.8 Å². The van der Waals surface area contributed by atoms with Gasteiger partial charge in [-0.05, 0) is 37.3 Å². The second-order valence-electron chi connectivity index (χ2n) is 5.66. The van der Waals surface area contributed by atoms with Gasteiger partial charge in [0.05, 0.1) is 15.7 Å². The zero-order valence-corrected chi connectivity index (χ0v) is 17.3. The van der Waals surface area contributed by atoms with Gasteiger partial charge in [0, 0.05) is 5.02 Å². The third-order valence-electron chi connectivity index (χ3n) is 3.71. The zero-order chi connectivity index (χ0) is 21.5. The third-order valence-corrected chi connectivity index (χ3v) is 5.85. The molecule has 13 heteroatoms. The van der Waals surface area contributed by atoms with E-state index in [9.17, 15) is 22.0 Å². The van der Waals surface area contributed by atoms with Crippen LogP contribution in [0.4, 0.5) is 8.78 Å². The molecule has 29 heavy (non-hydrogen) atoms. The fourth-order valence-corrected chi connectivity index (χ4v) is 4.42. The molecule has 0 bridgehead atoms. The Balaban J connectivity index is 1.97. The molecule has 1 aromatic heterocycles. The lowest BCUT2D eigenvalue weighted by Crippen LogP contribution is -2.32. The molecular formula is C16H9Cl3F2N4O3S. The Morgan fingerprint density at radius 2 is 1.72 bits per heavy atom. The van der Waals surface area contributed by atoms with E-state index >= 15 is 0 Å². The fourth-order valence-electron chi connectivity index (χ4n) is 2.40. The smallest absolute Gasteiger partial charge is 0.266 e. The summed E-state index contributed by atoms with van der Waals surface area (Å²) in [7, 11) is -4.72.